The highest BCUT2D eigenvalue weighted by atomic mass is 35.5. The molecule has 2 rings (SSSR count). The molecule has 2 N–H and O–H groups in total. The smallest absolute Gasteiger partial charge is 0.308 e. The largest absolute Gasteiger partial charge is 0.504 e. The van der Waals surface area contributed by atoms with Gasteiger partial charge in [-0.05, 0) is 23.6 Å². The molecular weight excluding hydrogens is 351 g/mol. The summed E-state index contributed by atoms with van der Waals surface area (Å²) in [5.74, 6) is 0.302. The Labute approximate surface area is 156 Å². The van der Waals surface area contributed by atoms with Crippen LogP contribution in [0, 0.1) is 5.92 Å². The zero-order valence-corrected chi connectivity index (χ0v) is 16.1. The predicted octanol–water partition coefficient (Wildman–Crippen LogP) is 3.15. The molecule has 5 nitrogen and oxygen atoms in total. The van der Waals surface area contributed by atoms with E-state index in [-0.39, 0.29) is 42.4 Å². The van der Waals surface area contributed by atoms with E-state index >= 15 is 0 Å². The third-order valence-corrected chi connectivity index (χ3v) is 4.31. The molecule has 2 atom stereocenters. The van der Waals surface area contributed by atoms with Gasteiger partial charge in [0.2, 0.25) is 0 Å². The number of carbonyl (C=O) groups excluding carboxylic acids is 1. The van der Waals surface area contributed by atoms with Crippen LogP contribution in [0.4, 0.5) is 0 Å². The lowest BCUT2D eigenvalue weighted by atomic mass is 9.90. The van der Waals surface area contributed by atoms with Crippen LogP contribution in [0.25, 0.3) is 0 Å². The van der Waals surface area contributed by atoms with Crippen LogP contribution >= 0.6 is 24.8 Å². The van der Waals surface area contributed by atoms with Crippen LogP contribution in [0.15, 0.2) is 18.2 Å². The molecule has 0 radical (unpaired) electrons. The van der Waals surface area contributed by atoms with Gasteiger partial charge < -0.3 is 15.2 Å². The summed E-state index contributed by atoms with van der Waals surface area (Å²) in [6.45, 7) is 9.74. The molecule has 1 aromatic carbocycles. The molecule has 7 heteroatoms. The van der Waals surface area contributed by atoms with Gasteiger partial charge in [0.25, 0.3) is 0 Å². The predicted molar refractivity (Wildman–Crippen MR) is 101 cm³/mol. The molecule has 1 saturated heterocycles. The van der Waals surface area contributed by atoms with Gasteiger partial charge in [-0.1, -0.05) is 26.3 Å². The molecule has 1 heterocycles. The van der Waals surface area contributed by atoms with Crippen LogP contribution in [-0.4, -0.2) is 42.2 Å². The third kappa shape index (κ3) is 5.81. The Bertz CT molecular complexity index is 523. The molecular formula is C17H28Cl2N2O3. The summed E-state index contributed by atoms with van der Waals surface area (Å²) in [5, 5.41) is 13.5. The number of hydrogen-bond donors (Lipinski definition) is 2. The number of piperazine rings is 1. The second-order valence-corrected chi connectivity index (χ2v) is 5.94. The number of phenolic OH excluding ortho intramolecular Hbond substituents is 1. The summed E-state index contributed by atoms with van der Waals surface area (Å²) in [6.07, 6.45) is 1.07. The molecule has 1 aromatic rings. The molecule has 0 aliphatic carbocycles. The molecule has 1 aliphatic heterocycles. The molecule has 0 aromatic heterocycles. The molecule has 0 amide bonds. The number of aromatic hydroxyl groups is 1. The number of esters is 1. The Morgan fingerprint density at radius 1 is 1.33 bits per heavy atom. The molecule has 1 unspecified atom stereocenters. The van der Waals surface area contributed by atoms with E-state index in [1.807, 2.05) is 6.07 Å². The minimum absolute atomic E-state index is 0. The Hall–Kier alpha value is -1.01. The molecule has 1 fully saturated rings. The van der Waals surface area contributed by atoms with Crippen LogP contribution in [0.5, 0.6) is 11.5 Å². The standard InChI is InChI=1S/C17H26N2O3.2ClH/c1-4-12(2)17(19-9-7-18-8-10-19)14-5-6-16(15(21)11-14)22-13(3)20;;/h5-6,11-12,17-18,21H,4,7-10H2,1-3H3;2*1H/t12?,17-;;/m1../s1. The summed E-state index contributed by atoms with van der Waals surface area (Å²) in [5.41, 5.74) is 1.07. The normalized spacial score (nSPS) is 17.1. The lowest BCUT2D eigenvalue weighted by molar-refractivity contribution is -0.132. The number of nitrogens with one attached hydrogen (secondary N) is 1. The molecule has 0 spiro atoms. The molecule has 0 bridgehead atoms. The number of halogens is 2. The summed E-state index contributed by atoms with van der Waals surface area (Å²) in [4.78, 5) is 13.5. The monoisotopic (exact) mass is 378 g/mol. The minimum atomic E-state index is -0.427. The first kappa shape index (κ1) is 23.0. The topological polar surface area (TPSA) is 61.8 Å². The Kier molecular flexibility index (Phi) is 10.3. The molecule has 0 saturated carbocycles. The maximum atomic E-state index is 11.0. The van der Waals surface area contributed by atoms with Crippen LogP contribution < -0.4 is 10.1 Å². The first-order valence-corrected chi connectivity index (χ1v) is 7.99. The van der Waals surface area contributed by atoms with Gasteiger partial charge >= 0.3 is 5.97 Å². The maximum absolute atomic E-state index is 11.0. The van der Waals surface area contributed by atoms with Gasteiger partial charge in [-0.3, -0.25) is 9.69 Å². The van der Waals surface area contributed by atoms with Crippen LogP contribution in [-0.2, 0) is 4.79 Å². The fourth-order valence-electron chi connectivity index (χ4n) is 3.04. The van der Waals surface area contributed by atoms with Crippen molar-refractivity contribution in [3.8, 4) is 11.5 Å². The Morgan fingerprint density at radius 3 is 2.46 bits per heavy atom. The van der Waals surface area contributed by atoms with Crippen LogP contribution in [0.3, 0.4) is 0 Å². The number of rotatable bonds is 5. The van der Waals surface area contributed by atoms with Crippen molar-refractivity contribution in [2.24, 2.45) is 5.92 Å². The lowest BCUT2D eigenvalue weighted by Crippen LogP contribution is -2.46. The van der Waals surface area contributed by atoms with E-state index in [2.05, 4.69) is 24.1 Å². The SMILES string of the molecule is CCC(C)[C@H](c1ccc(OC(C)=O)c(O)c1)N1CCNCC1.Cl.Cl. The summed E-state index contributed by atoms with van der Waals surface area (Å²) < 4.78 is 5.00. The van der Waals surface area contributed by atoms with Crippen molar-refractivity contribution in [3.63, 3.8) is 0 Å². The number of benzene rings is 1. The molecule has 138 valence electrons. The number of ether oxygens (including phenoxy) is 1. The number of hydrogen-bond acceptors (Lipinski definition) is 5. The van der Waals surface area contributed by atoms with Gasteiger partial charge in [0, 0.05) is 39.1 Å². The van der Waals surface area contributed by atoms with Gasteiger partial charge in [-0.15, -0.1) is 24.8 Å². The lowest BCUT2D eigenvalue weighted by Gasteiger charge is -2.38. The van der Waals surface area contributed by atoms with E-state index in [0.29, 0.717) is 5.92 Å². The zero-order valence-electron chi connectivity index (χ0n) is 14.4. The quantitative estimate of drug-likeness (QED) is 0.608. The minimum Gasteiger partial charge on any atom is -0.504 e. The average Bonchev–Trinajstić information content (AvgIpc) is 2.50. The van der Waals surface area contributed by atoms with Gasteiger partial charge in [-0.25, -0.2) is 0 Å². The van der Waals surface area contributed by atoms with Crippen LogP contribution in [0.2, 0.25) is 0 Å². The second kappa shape index (κ2) is 10.8. The zero-order chi connectivity index (χ0) is 16.1. The first-order valence-electron chi connectivity index (χ1n) is 7.99. The fraction of sp³-hybridized carbons (Fsp3) is 0.588. The van der Waals surface area contributed by atoms with Gasteiger partial charge in [0.05, 0.1) is 0 Å². The van der Waals surface area contributed by atoms with Crippen LogP contribution in [0.1, 0.15) is 38.8 Å². The van der Waals surface area contributed by atoms with E-state index in [9.17, 15) is 9.90 Å². The first-order chi connectivity index (χ1) is 10.5. The number of phenols is 1. The van der Waals surface area contributed by atoms with Crippen molar-refractivity contribution in [2.75, 3.05) is 26.2 Å². The third-order valence-electron chi connectivity index (χ3n) is 4.31. The van der Waals surface area contributed by atoms with Crippen molar-refractivity contribution < 1.29 is 14.6 Å². The summed E-state index contributed by atoms with van der Waals surface area (Å²) >= 11 is 0. The van der Waals surface area contributed by atoms with E-state index in [0.717, 1.165) is 38.2 Å². The maximum Gasteiger partial charge on any atom is 0.308 e. The highest BCUT2D eigenvalue weighted by Crippen LogP contribution is 2.36. The van der Waals surface area contributed by atoms with Gasteiger partial charge in [0.15, 0.2) is 11.5 Å². The van der Waals surface area contributed by atoms with E-state index in [1.165, 1.54) is 6.92 Å². The molecule has 1 aliphatic rings. The highest BCUT2D eigenvalue weighted by Gasteiger charge is 2.27. The Morgan fingerprint density at radius 2 is 1.96 bits per heavy atom. The van der Waals surface area contributed by atoms with Gasteiger partial charge in [-0.2, -0.15) is 0 Å². The average molecular weight is 379 g/mol. The van der Waals surface area contributed by atoms with Crippen molar-refractivity contribution >= 4 is 30.8 Å². The number of nitrogens with zero attached hydrogens (tertiary/aromatic N) is 1. The van der Waals surface area contributed by atoms with Crippen molar-refractivity contribution in [2.45, 2.75) is 33.2 Å². The summed E-state index contributed by atoms with van der Waals surface area (Å²) in [6, 6.07) is 5.64. The van der Waals surface area contributed by atoms with E-state index in [1.54, 1.807) is 12.1 Å². The highest BCUT2D eigenvalue weighted by molar-refractivity contribution is 5.85. The van der Waals surface area contributed by atoms with Crippen molar-refractivity contribution in [3.05, 3.63) is 23.8 Å². The number of carbonyl (C=O) groups is 1. The Balaban J connectivity index is 0.00000264. The summed E-state index contributed by atoms with van der Waals surface area (Å²) in [7, 11) is 0. The van der Waals surface area contributed by atoms with E-state index < -0.39 is 5.97 Å². The molecule has 24 heavy (non-hydrogen) atoms. The fourth-order valence-corrected chi connectivity index (χ4v) is 3.04. The van der Waals surface area contributed by atoms with Crippen molar-refractivity contribution in [1.29, 1.82) is 0 Å². The van der Waals surface area contributed by atoms with Gasteiger partial charge in [0.1, 0.15) is 0 Å². The van der Waals surface area contributed by atoms with Crippen molar-refractivity contribution in [1.82, 2.24) is 10.2 Å². The van der Waals surface area contributed by atoms with E-state index in [4.69, 9.17) is 4.74 Å². The second-order valence-electron chi connectivity index (χ2n) is 5.94.